The summed E-state index contributed by atoms with van der Waals surface area (Å²) < 4.78 is 44.1. The second-order valence-electron chi connectivity index (χ2n) is 6.26. The van der Waals surface area contributed by atoms with E-state index in [9.17, 15) is 22.8 Å². The number of hydrogen-bond acceptors (Lipinski definition) is 3. The van der Waals surface area contributed by atoms with Crippen LogP contribution in [0.3, 0.4) is 0 Å². The Kier molecular flexibility index (Phi) is 5.72. The number of piperidine rings is 1. The highest BCUT2D eigenvalue weighted by Gasteiger charge is 2.38. The summed E-state index contributed by atoms with van der Waals surface area (Å²) in [6, 6.07) is 4.37. The molecular formula is C17H21F3N2O3. The number of methoxy groups -OCH3 is 1. The molecule has 1 heterocycles. The van der Waals surface area contributed by atoms with Crippen molar-refractivity contribution in [2.24, 2.45) is 5.73 Å². The van der Waals surface area contributed by atoms with Crippen molar-refractivity contribution in [3.63, 3.8) is 0 Å². The maximum absolute atomic E-state index is 12.8. The zero-order valence-corrected chi connectivity index (χ0v) is 13.9. The van der Waals surface area contributed by atoms with Crippen LogP contribution < -0.4 is 5.73 Å². The van der Waals surface area contributed by atoms with Gasteiger partial charge in [-0.1, -0.05) is 6.07 Å². The molecule has 1 fully saturated rings. The molecule has 138 valence electrons. The molecule has 1 aliphatic rings. The molecule has 8 heteroatoms. The minimum absolute atomic E-state index is 0.0170. The molecule has 2 N–H and O–H groups in total. The van der Waals surface area contributed by atoms with Crippen LogP contribution in [0.1, 0.15) is 41.6 Å². The van der Waals surface area contributed by atoms with Crippen LogP contribution in [0.2, 0.25) is 0 Å². The van der Waals surface area contributed by atoms with Gasteiger partial charge in [-0.25, -0.2) is 0 Å². The number of halogens is 3. The normalized spacial score (nSPS) is 21.2. The summed E-state index contributed by atoms with van der Waals surface area (Å²) in [4.78, 5) is 25.2. The molecule has 0 aliphatic carbocycles. The summed E-state index contributed by atoms with van der Waals surface area (Å²) in [5.41, 5.74) is 3.60. The van der Waals surface area contributed by atoms with Crippen molar-refractivity contribution in [2.75, 3.05) is 20.2 Å². The molecule has 2 amide bonds. The number of hydrogen-bond donors (Lipinski definition) is 1. The van der Waals surface area contributed by atoms with Crippen LogP contribution in [-0.4, -0.2) is 42.5 Å². The molecule has 1 atom stereocenters. The zero-order chi connectivity index (χ0) is 18.7. The van der Waals surface area contributed by atoms with Crippen molar-refractivity contribution >= 4 is 11.8 Å². The van der Waals surface area contributed by atoms with Gasteiger partial charge in [-0.05, 0) is 37.5 Å². The van der Waals surface area contributed by atoms with Gasteiger partial charge in [0.05, 0.1) is 11.2 Å². The Labute approximate surface area is 143 Å². The molecule has 0 spiro atoms. The highest BCUT2D eigenvalue weighted by Crippen LogP contribution is 2.32. The smallest absolute Gasteiger partial charge is 0.376 e. The first kappa shape index (κ1) is 19.2. The van der Waals surface area contributed by atoms with Gasteiger partial charge in [0.25, 0.3) is 5.91 Å². The molecule has 0 saturated carbocycles. The van der Waals surface area contributed by atoms with Gasteiger partial charge >= 0.3 is 6.18 Å². The van der Waals surface area contributed by atoms with E-state index in [4.69, 9.17) is 10.5 Å². The molecule has 2 rings (SSSR count). The summed E-state index contributed by atoms with van der Waals surface area (Å²) in [7, 11) is 1.50. The number of likely N-dealkylation sites (tertiary alicyclic amines) is 1. The van der Waals surface area contributed by atoms with Gasteiger partial charge in [-0.15, -0.1) is 0 Å². The van der Waals surface area contributed by atoms with Gasteiger partial charge in [0.2, 0.25) is 5.91 Å². The summed E-state index contributed by atoms with van der Waals surface area (Å²) in [6.07, 6.45) is -2.72. The van der Waals surface area contributed by atoms with E-state index in [1.807, 2.05) is 0 Å². The first-order chi connectivity index (χ1) is 11.7. The van der Waals surface area contributed by atoms with E-state index in [1.54, 1.807) is 0 Å². The lowest BCUT2D eigenvalue weighted by atomic mass is 9.87. The number of nitrogens with two attached hydrogens (primary N) is 1. The lowest BCUT2D eigenvalue weighted by molar-refractivity contribution is -0.137. The van der Waals surface area contributed by atoms with Crippen molar-refractivity contribution in [3.8, 4) is 0 Å². The van der Waals surface area contributed by atoms with Crippen LogP contribution in [0.25, 0.3) is 0 Å². The molecule has 0 radical (unpaired) electrons. The fourth-order valence-corrected chi connectivity index (χ4v) is 3.11. The van der Waals surface area contributed by atoms with E-state index in [1.165, 1.54) is 24.1 Å². The average Bonchev–Trinajstić information content (AvgIpc) is 2.59. The van der Waals surface area contributed by atoms with Gasteiger partial charge in [-0.3, -0.25) is 9.59 Å². The fraction of sp³-hybridized carbons (Fsp3) is 0.529. The fourth-order valence-electron chi connectivity index (χ4n) is 3.11. The second kappa shape index (κ2) is 7.43. The molecule has 25 heavy (non-hydrogen) atoms. The highest BCUT2D eigenvalue weighted by molar-refractivity contribution is 5.94. The predicted molar refractivity (Wildman–Crippen MR) is 84.7 cm³/mol. The topological polar surface area (TPSA) is 72.6 Å². The third kappa shape index (κ3) is 4.72. The minimum Gasteiger partial charge on any atom is -0.376 e. The van der Waals surface area contributed by atoms with Crippen molar-refractivity contribution in [2.45, 2.75) is 37.5 Å². The largest absolute Gasteiger partial charge is 0.416 e. The van der Waals surface area contributed by atoms with Crippen LogP contribution in [0.15, 0.2) is 24.3 Å². The van der Waals surface area contributed by atoms with Crippen LogP contribution in [0, 0.1) is 0 Å². The molecule has 1 aromatic rings. The maximum atomic E-state index is 12.8. The molecular weight excluding hydrogens is 337 g/mol. The van der Waals surface area contributed by atoms with E-state index in [0.717, 1.165) is 12.1 Å². The number of amides is 2. The van der Waals surface area contributed by atoms with E-state index in [-0.39, 0.29) is 18.5 Å². The van der Waals surface area contributed by atoms with E-state index in [2.05, 4.69) is 0 Å². The Balaban J connectivity index is 2.17. The third-order valence-corrected chi connectivity index (χ3v) is 4.52. The number of alkyl halides is 3. The standard InChI is InChI=1S/C17H21F3N2O3/c1-25-16(8-6-14(21)23)7-3-9-22(11-16)15(24)12-4-2-5-13(10-12)17(18,19)20/h2,4-5,10H,3,6-9,11H2,1H3,(H2,21,23)/t16-/m0/s1. The van der Waals surface area contributed by atoms with Crippen molar-refractivity contribution < 1.29 is 27.5 Å². The molecule has 5 nitrogen and oxygen atoms in total. The average molecular weight is 358 g/mol. The van der Waals surface area contributed by atoms with Gasteiger partial charge in [-0.2, -0.15) is 13.2 Å². The van der Waals surface area contributed by atoms with Gasteiger partial charge in [0.15, 0.2) is 0 Å². The van der Waals surface area contributed by atoms with Crippen LogP contribution >= 0.6 is 0 Å². The number of nitrogens with zero attached hydrogens (tertiary/aromatic N) is 1. The van der Waals surface area contributed by atoms with Gasteiger partial charge in [0, 0.05) is 32.2 Å². The SMILES string of the molecule is CO[C@]1(CCC(N)=O)CCCN(C(=O)c2cccc(C(F)(F)F)c2)C1. The quantitative estimate of drug-likeness (QED) is 0.879. The Bertz CT molecular complexity index is 648. The molecule has 0 aromatic heterocycles. The summed E-state index contributed by atoms with van der Waals surface area (Å²) >= 11 is 0. The zero-order valence-electron chi connectivity index (χ0n) is 13.9. The highest BCUT2D eigenvalue weighted by atomic mass is 19.4. The van der Waals surface area contributed by atoms with Gasteiger partial charge in [0.1, 0.15) is 0 Å². The molecule has 0 unspecified atom stereocenters. The monoisotopic (exact) mass is 358 g/mol. The van der Waals surface area contributed by atoms with E-state index >= 15 is 0 Å². The third-order valence-electron chi connectivity index (χ3n) is 4.52. The van der Waals surface area contributed by atoms with Crippen LogP contribution in [0.5, 0.6) is 0 Å². The second-order valence-corrected chi connectivity index (χ2v) is 6.26. The summed E-state index contributed by atoms with van der Waals surface area (Å²) in [6.45, 7) is 0.641. The van der Waals surface area contributed by atoms with Crippen molar-refractivity contribution in [3.05, 3.63) is 35.4 Å². The Morgan fingerprint density at radius 2 is 2.08 bits per heavy atom. The number of ether oxygens (including phenoxy) is 1. The van der Waals surface area contributed by atoms with E-state index < -0.39 is 29.2 Å². The number of benzene rings is 1. The van der Waals surface area contributed by atoms with E-state index in [0.29, 0.717) is 25.8 Å². The minimum atomic E-state index is -4.50. The lowest BCUT2D eigenvalue weighted by Gasteiger charge is -2.42. The number of rotatable bonds is 5. The number of carbonyl (C=O) groups is 2. The maximum Gasteiger partial charge on any atom is 0.416 e. The van der Waals surface area contributed by atoms with Gasteiger partial charge < -0.3 is 15.4 Å². The molecule has 1 saturated heterocycles. The van der Waals surface area contributed by atoms with Crippen LogP contribution in [0.4, 0.5) is 13.2 Å². The van der Waals surface area contributed by atoms with Crippen LogP contribution in [-0.2, 0) is 15.7 Å². The molecule has 1 aromatic carbocycles. The van der Waals surface area contributed by atoms with Crippen molar-refractivity contribution in [1.82, 2.24) is 4.90 Å². The molecule has 0 bridgehead atoms. The summed E-state index contributed by atoms with van der Waals surface area (Å²) in [5.74, 6) is -0.941. The predicted octanol–water partition coefficient (Wildman–Crippen LogP) is 2.59. The lowest BCUT2D eigenvalue weighted by Crippen LogP contribution is -2.51. The first-order valence-corrected chi connectivity index (χ1v) is 7.97. The Morgan fingerprint density at radius 1 is 1.36 bits per heavy atom. The number of carbonyl (C=O) groups excluding carboxylic acids is 2. The Morgan fingerprint density at radius 3 is 2.68 bits per heavy atom. The first-order valence-electron chi connectivity index (χ1n) is 7.97. The molecule has 1 aliphatic heterocycles. The number of primary amides is 1. The Hall–Kier alpha value is -2.09. The summed E-state index contributed by atoms with van der Waals surface area (Å²) in [5, 5.41) is 0. The van der Waals surface area contributed by atoms with Crippen molar-refractivity contribution in [1.29, 1.82) is 0 Å².